The highest BCUT2D eigenvalue weighted by Gasteiger charge is 2.04. The van der Waals surface area contributed by atoms with Crippen LogP contribution in [0.25, 0.3) is 0 Å². The maximum Gasteiger partial charge on any atom is 0.144 e. The van der Waals surface area contributed by atoms with E-state index in [1.807, 2.05) is 26.0 Å². The van der Waals surface area contributed by atoms with Gasteiger partial charge in [-0.25, -0.2) is 0 Å². The molecule has 1 aromatic carbocycles. The zero-order chi connectivity index (χ0) is 11.3. The highest BCUT2D eigenvalue weighted by molar-refractivity contribution is 5.61. The zero-order valence-corrected chi connectivity index (χ0v) is 9.16. The first-order valence-electron chi connectivity index (χ1n) is 5.07. The number of nitrogens with one attached hydrogen (secondary N) is 1. The summed E-state index contributed by atoms with van der Waals surface area (Å²) in [4.78, 5) is 0. The first-order valence-corrected chi connectivity index (χ1v) is 5.07. The summed E-state index contributed by atoms with van der Waals surface area (Å²) in [6, 6.07) is 5.51. The van der Waals surface area contributed by atoms with Crippen LogP contribution in [0.5, 0.6) is 5.75 Å². The van der Waals surface area contributed by atoms with Gasteiger partial charge in [-0.05, 0) is 26.0 Å². The van der Waals surface area contributed by atoms with Crippen LogP contribution in [0, 0.1) is 0 Å². The molecule has 0 aliphatic heterocycles. The zero-order valence-electron chi connectivity index (χ0n) is 9.16. The molecule has 0 fully saturated rings. The number of hydrogen-bond donors (Lipinski definition) is 3. The van der Waals surface area contributed by atoms with Crippen LogP contribution >= 0.6 is 0 Å². The Morgan fingerprint density at radius 1 is 1.53 bits per heavy atom. The summed E-state index contributed by atoms with van der Waals surface area (Å²) in [7, 11) is 0. The van der Waals surface area contributed by atoms with Gasteiger partial charge in [0.2, 0.25) is 0 Å². The number of aliphatic hydroxyl groups excluding tert-OH is 1. The summed E-state index contributed by atoms with van der Waals surface area (Å²) in [6.45, 7) is 4.49. The number of benzene rings is 1. The molecule has 0 amide bonds. The molecule has 1 aromatic rings. The Morgan fingerprint density at radius 2 is 2.27 bits per heavy atom. The molecule has 1 rings (SSSR count). The first kappa shape index (κ1) is 11.7. The van der Waals surface area contributed by atoms with Crippen molar-refractivity contribution >= 4 is 11.4 Å². The minimum Gasteiger partial charge on any atom is -0.492 e. The topological polar surface area (TPSA) is 67.5 Å². The van der Waals surface area contributed by atoms with Gasteiger partial charge in [0.1, 0.15) is 5.75 Å². The van der Waals surface area contributed by atoms with Crippen molar-refractivity contribution in [3.05, 3.63) is 18.2 Å². The molecule has 0 heterocycles. The van der Waals surface area contributed by atoms with Gasteiger partial charge in [0.05, 0.1) is 18.9 Å². The van der Waals surface area contributed by atoms with Gasteiger partial charge in [0.15, 0.2) is 0 Å². The second-order valence-electron chi connectivity index (χ2n) is 3.41. The van der Waals surface area contributed by atoms with Crippen molar-refractivity contribution in [3.8, 4) is 5.75 Å². The number of ether oxygens (including phenoxy) is 1. The predicted molar refractivity (Wildman–Crippen MR) is 62.2 cm³/mol. The van der Waals surface area contributed by atoms with Crippen LogP contribution in [0.3, 0.4) is 0 Å². The van der Waals surface area contributed by atoms with Gasteiger partial charge in [-0.1, -0.05) is 0 Å². The largest absolute Gasteiger partial charge is 0.492 e. The van der Waals surface area contributed by atoms with E-state index in [1.165, 1.54) is 0 Å². The van der Waals surface area contributed by atoms with Gasteiger partial charge < -0.3 is 20.9 Å². The molecular formula is C11H18N2O2. The van der Waals surface area contributed by atoms with Gasteiger partial charge in [0, 0.05) is 17.8 Å². The molecule has 15 heavy (non-hydrogen) atoms. The van der Waals surface area contributed by atoms with E-state index in [0.717, 1.165) is 5.69 Å². The highest BCUT2D eigenvalue weighted by atomic mass is 16.5. The number of aliphatic hydroxyl groups is 1. The molecule has 1 unspecified atom stereocenters. The Bertz CT molecular complexity index is 315. The SMILES string of the molecule is CCOc1cc(NC(C)CO)ccc1N. The van der Waals surface area contributed by atoms with E-state index < -0.39 is 0 Å². The van der Waals surface area contributed by atoms with Crippen LogP contribution in [0.15, 0.2) is 18.2 Å². The monoisotopic (exact) mass is 210 g/mol. The first-order chi connectivity index (χ1) is 7.17. The molecule has 0 aromatic heterocycles. The van der Waals surface area contributed by atoms with Crippen LogP contribution in [0.4, 0.5) is 11.4 Å². The third-order valence-corrected chi connectivity index (χ3v) is 2.00. The van der Waals surface area contributed by atoms with Gasteiger partial charge in [-0.2, -0.15) is 0 Å². The summed E-state index contributed by atoms with van der Waals surface area (Å²) in [5.41, 5.74) is 7.26. The molecular weight excluding hydrogens is 192 g/mol. The Labute approximate surface area is 90.1 Å². The van der Waals surface area contributed by atoms with Crippen LogP contribution in [-0.2, 0) is 0 Å². The Morgan fingerprint density at radius 3 is 2.87 bits per heavy atom. The molecule has 1 atom stereocenters. The fourth-order valence-corrected chi connectivity index (χ4v) is 1.23. The lowest BCUT2D eigenvalue weighted by atomic mass is 10.2. The van der Waals surface area contributed by atoms with Gasteiger partial charge in [0.25, 0.3) is 0 Å². The van der Waals surface area contributed by atoms with Crippen LogP contribution in [0.2, 0.25) is 0 Å². The van der Waals surface area contributed by atoms with Crippen LogP contribution in [-0.4, -0.2) is 24.4 Å². The third-order valence-electron chi connectivity index (χ3n) is 2.00. The summed E-state index contributed by atoms with van der Waals surface area (Å²) in [5.74, 6) is 0.674. The van der Waals surface area contributed by atoms with Gasteiger partial charge in [-0.15, -0.1) is 0 Å². The van der Waals surface area contributed by atoms with Crippen LogP contribution < -0.4 is 15.8 Å². The maximum absolute atomic E-state index is 8.90. The molecule has 4 heteroatoms. The molecule has 84 valence electrons. The number of nitrogen functional groups attached to an aromatic ring is 1. The van der Waals surface area contributed by atoms with Gasteiger partial charge in [-0.3, -0.25) is 0 Å². The Balaban J connectivity index is 2.77. The smallest absolute Gasteiger partial charge is 0.144 e. The number of rotatable bonds is 5. The molecule has 4 nitrogen and oxygen atoms in total. The summed E-state index contributed by atoms with van der Waals surface area (Å²) in [5, 5.41) is 12.0. The summed E-state index contributed by atoms with van der Waals surface area (Å²) < 4.78 is 5.37. The van der Waals surface area contributed by atoms with Crippen molar-refractivity contribution in [1.82, 2.24) is 0 Å². The minimum atomic E-state index is 0.0168. The fraction of sp³-hybridized carbons (Fsp3) is 0.455. The molecule has 0 saturated heterocycles. The van der Waals surface area contributed by atoms with Crippen molar-refractivity contribution in [2.45, 2.75) is 19.9 Å². The van der Waals surface area contributed by atoms with Gasteiger partial charge >= 0.3 is 0 Å². The summed E-state index contributed by atoms with van der Waals surface area (Å²) >= 11 is 0. The third kappa shape index (κ3) is 3.32. The maximum atomic E-state index is 8.90. The number of anilines is 2. The molecule has 0 radical (unpaired) electrons. The van der Waals surface area contributed by atoms with Crippen molar-refractivity contribution in [1.29, 1.82) is 0 Å². The molecule has 0 bridgehead atoms. The number of nitrogens with two attached hydrogens (primary N) is 1. The van der Waals surface area contributed by atoms with Crippen molar-refractivity contribution in [2.24, 2.45) is 0 Å². The van der Waals surface area contributed by atoms with E-state index in [0.29, 0.717) is 18.0 Å². The summed E-state index contributed by atoms with van der Waals surface area (Å²) in [6.07, 6.45) is 0. The Hall–Kier alpha value is -1.42. The van der Waals surface area contributed by atoms with E-state index >= 15 is 0 Å². The number of hydrogen-bond acceptors (Lipinski definition) is 4. The predicted octanol–water partition coefficient (Wildman–Crippen LogP) is 1.46. The quantitative estimate of drug-likeness (QED) is 0.644. The minimum absolute atomic E-state index is 0.0168. The Kier molecular flexibility index (Phi) is 4.24. The van der Waals surface area contributed by atoms with E-state index in [4.69, 9.17) is 15.6 Å². The molecule has 4 N–H and O–H groups in total. The fourth-order valence-electron chi connectivity index (χ4n) is 1.23. The molecule has 0 saturated carbocycles. The van der Waals surface area contributed by atoms with E-state index in [1.54, 1.807) is 6.07 Å². The van der Waals surface area contributed by atoms with Crippen molar-refractivity contribution in [3.63, 3.8) is 0 Å². The second-order valence-corrected chi connectivity index (χ2v) is 3.41. The average Bonchev–Trinajstić information content (AvgIpc) is 2.23. The van der Waals surface area contributed by atoms with E-state index in [9.17, 15) is 0 Å². The average molecular weight is 210 g/mol. The molecule has 0 aliphatic carbocycles. The molecule has 0 spiro atoms. The standard InChI is InChI=1S/C11H18N2O2/c1-3-15-11-6-9(4-5-10(11)12)13-8(2)7-14/h4-6,8,13-14H,3,7,12H2,1-2H3. The van der Waals surface area contributed by atoms with Crippen molar-refractivity contribution < 1.29 is 9.84 Å². The van der Waals surface area contributed by atoms with Crippen molar-refractivity contribution in [2.75, 3.05) is 24.3 Å². The lowest BCUT2D eigenvalue weighted by Crippen LogP contribution is -2.19. The second kappa shape index (κ2) is 5.46. The lowest BCUT2D eigenvalue weighted by molar-refractivity contribution is 0.281. The van der Waals surface area contributed by atoms with E-state index in [2.05, 4.69) is 5.32 Å². The normalized spacial score (nSPS) is 12.2. The highest BCUT2D eigenvalue weighted by Crippen LogP contribution is 2.25. The lowest BCUT2D eigenvalue weighted by Gasteiger charge is -2.14. The molecule has 0 aliphatic rings. The van der Waals surface area contributed by atoms with E-state index in [-0.39, 0.29) is 12.6 Å². The van der Waals surface area contributed by atoms with Crippen LogP contribution in [0.1, 0.15) is 13.8 Å².